The molecule has 0 fully saturated rings. The van der Waals surface area contributed by atoms with E-state index >= 15 is 0 Å². The van der Waals surface area contributed by atoms with Crippen molar-refractivity contribution < 1.29 is 19.2 Å². The van der Waals surface area contributed by atoms with Gasteiger partial charge < -0.3 is 45.6 Å². The Kier molecular flexibility index (Phi) is 12.8. The number of nitrogens with zero attached hydrogens (tertiary/aromatic N) is 4. The standard InChI is InChI=1S/C31H47N9O4/c1-6-11-38-20-23(16-25(38)29(42)33-10-9-14-37(4)5)35-31(44)27-17-24(21-40(27)13-8-3)36-30(43)26-15-22(34-28(41)18-32)19-39(26)12-7-2/h15-17,19-21H,6-14,18,32H2,1-5H3,(H,33,42)(H,34,41)(H,35,44)(H,36,43). The number of hydrogen-bond acceptors (Lipinski definition) is 6. The van der Waals surface area contributed by atoms with Gasteiger partial charge in [-0.25, -0.2) is 0 Å². The minimum atomic E-state index is -0.370. The highest BCUT2D eigenvalue weighted by Crippen LogP contribution is 2.22. The zero-order valence-electron chi connectivity index (χ0n) is 26.5. The van der Waals surface area contributed by atoms with Gasteiger partial charge in [0.15, 0.2) is 0 Å². The Bertz CT molecular complexity index is 1430. The quantitative estimate of drug-likeness (QED) is 0.148. The molecule has 0 atom stereocenters. The summed E-state index contributed by atoms with van der Waals surface area (Å²) in [5, 5.41) is 11.5. The van der Waals surface area contributed by atoms with Crippen molar-refractivity contribution in [2.75, 3.05) is 49.7 Å². The van der Waals surface area contributed by atoms with Gasteiger partial charge in [-0.2, -0.15) is 0 Å². The molecule has 0 saturated heterocycles. The molecule has 0 spiro atoms. The third kappa shape index (κ3) is 9.32. The Morgan fingerprint density at radius 1 is 0.682 bits per heavy atom. The summed E-state index contributed by atoms with van der Waals surface area (Å²) in [6.07, 6.45) is 8.43. The van der Waals surface area contributed by atoms with Crippen LogP contribution in [0.15, 0.2) is 36.8 Å². The van der Waals surface area contributed by atoms with E-state index in [9.17, 15) is 19.2 Å². The van der Waals surface area contributed by atoms with Crippen LogP contribution in [0.4, 0.5) is 17.1 Å². The van der Waals surface area contributed by atoms with E-state index in [1.165, 1.54) is 0 Å². The predicted octanol–water partition coefficient (Wildman–Crippen LogP) is 3.40. The van der Waals surface area contributed by atoms with Crippen molar-refractivity contribution >= 4 is 40.7 Å². The molecule has 6 N–H and O–H groups in total. The van der Waals surface area contributed by atoms with Gasteiger partial charge in [0.25, 0.3) is 17.7 Å². The second-order valence-electron chi connectivity index (χ2n) is 11.0. The van der Waals surface area contributed by atoms with Crippen molar-refractivity contribution in [2.45, 2.75) is 66.1 Å². The number of aromatic nitrogens is 3. The number of nitrogens with one attached hydrogen (secondary N) is 4. The first-order valence-electron chi connectivity index (χ1n) is 15.3. The topological polar surface area (TPSA) is 160 Å². The molecule has 0 aliphatic heterocycles. The molecule has 0 unspecified atom stereocenters. The molecule has 44 heavy (non-hydrogen) atoms. The van der Waals surface area contributed by atoms with Crippen molar-refractivity contribution in [3.05, 3.63) is 53.9 Å². The summed E-state index contributed by atoms with van der Waals surface area (Å²) in [6, 6.07) is 4.92. The van der Waals surface area contributed by atoms with Gasteiger partial charge in [0.1, 0.15) is 17.1 Å². The SMILES string of the molecule is CCCn1cc(NC(=O)c2cc(NC(=O)c3cc(NC(=O)CN)cn3CCC)cn2CCC)cc1C(=O)NCCCN(C)C. The van der Waals surface area contributed by atoms with Crippen LogP contribution in [0.3, 0.4) is 0 Å². The average molecular weight is 610 g/mol. The number of amides is 4. The number of carbonyl (C=O) groups is 4. The molecule has 3 aromatic heterocycles. The number of nitrogens with two attached hydrogens (primary N) is 1. The smallest absolute Gasteiger partial charge is 0.272 e. The summed E-state index contributed by atoms with van der Waals surface area (Å²) >= 11 is 0. The van der Waals surface area contributed by atoms with E-state index < -0.39 is 0 Å². The molecule has 240 valence electrons. The van der Waals surface area contributed by atoms with Crippen LogP contribution in [0, 0.1) is 0 Å². The molecule has 13 nitrogen and oxygen atoms in total. The minimum Gasteiger partial charge on any atom is -0.351 e. The van der Waals surface area contributed by atoms with E-state index in [4.69, 9.17) is 5.73 Å². The van der Waals surface area contributed by atoms with Crippen molar-refractivity contribution in [1.82, 2.24) is 23.9 Å². The Hall–Kier alpha value is -4.36. The largest absolute Gasteiger partial charge is 0.351 e. The molecule has 0 radical (unpaired) electrons. The van der Waals surface area contributed by atoms with E-state index in [1.54, 1.807) is 45.9 Å². The van der Waals surface area contributed by atoms with Gasteiger partial charge in [-0.15, -0.1) is 0 Å². The number of carbonyl (C=O) groups excluding carboxylic acids is 4. The lowest BCUT2D eigenvalue weighted by atomic mass is 10.3. The lowest BCUT2D eigenvalue weighted by molar-refractivity contribution is -0.114. The monoisotopic (exact) mass is 609 g/mol. The minimum absolute atomic E-state index is 0.162. The molecular formula is C31H47N9O4. The number of anilines is 3. The van der Waals surface area contributed by atoms with Crippen LogP contribution in [0.25, 0.3) is 0 Å². The molecule has 4 amide bonds. The van der Waals surface area contributed by atoms with Crippen LogP contribution < -0.4 is 27.0 Å². The molecule has 3 rings (SSSR count). The molecule has 0 saturated carbocycles. The Labute approximate surface area is 259 Å². The summed E-state index contributed by atoms with van der Waals surface area (Å²) in [5.41, 5.74) is 8.11. The fraction of sp³-hybridized carbons (Fsp3) is 0.484. The Morgan fingerprint density at radius 2 is 1.09 bits per heavy atom. The average Bonchev–Trinajstić information content (AvgIpc) is 3.68. The molecule has 0 bridgehead atoms. The third-order valence-corrected chi connectivity index (χ3v) is 6.83. The van der Waals surface area contributed by atoms with Gasteiger partial charge in [-0.3, -0.25) is 19.2 Å². The number of rotatable bonds is 17. The van der Waals surface area contributed by atoms with E-state index in [2.05, 4.69) is 26.2 Å². The second kappa shape index (κ2) is 16.5. The zero-order chi connectivity index (χ0) is 32.2. The van der Waals surface area contributed by atoms with Crippen LogP contribution in [-0.2, 0) is 24.4 Å². The lowest BCUT2D eigenvalue weighted by Crippen LogP contribution is -2.28. The van der Waals surface area contributed by atoms with Gasteiger partial charge in [0.2, 0.25) is 5.91 Å². The fourth-order valence-electron chi connectivity index (χ4n) is 4.88. The van der Waals surface area contributed by atoms with Gasteiger partial charge in [-0.1, -0.05) is 20.8 Å². The summed E-state index contributed by atoms with van der Waals surface area (Å²) < 4.78 is 5.42. The molecule has 0 aliphatic rings. The Morgan fingerprint density at radius 3 is 1.48 bits per heavy atom. The van der Waals surface area contributed by atoms with Gasteiger partial charge in [0, 0.05) is 44.8 Å². The molecule has 3 heterocycles. The van der Waals surface area contributed by atoms with Gasteiger partial charge >= 0.3 is 0 Å². The van der Waals surface area contributed by atoms with Crippen LogP contribution in [0.1, 0.15) is 77.9 Å². The molecule has 3 aromatic rings. The van der Waals surface area contributed by atoms with Crippen LogP contribution >= 0.6 is 0 Å². The first-order valence-corrected chi connectivity index (χ1v) is 15.3. The first kappa shape index (κ1) is 34.1. The fourth-order valence-corrected chi connectivity index (χ4v) is 4.88. The summed E-state index contributed by atoms with van der Waals surface area (Å²) in [5.74, 6) is -1.26. The summed E-state index contributed by atoms with van der Waals surface area (Å²) in [7, 11) is 3.98. The second-order valence-corrected chi connectivity index (χ2v) is 11.0. The highest BCUT2D eigenvalue weighted by Gasteiger charge is 2.20. The van der Waals surface area contributed by atoms with Gasteiger partial charge in [0.05, 0.1) is 23.6 Å². The van der Waals surface area contributed by atoms with E-state index in [-0.39, 0.29) is 30.2 Å². The van der Waals surface area contributed by atoms with Crippen LogP contribution in [0.5, 0.6) is 0 Å². The van der Waals surface area contributed by atoms with Crippen molar-refractivity contribution in [3.8, 4) is 0 Å². The normalized spacial score (nSPS) is 11.1. The van der Waals surface area contributed by atoms with E-state index in [0.29, 0.717) is 60.3 Å². The first-order chi connectivity index (χ1) is 21.1. The molecule has 0 aliphatic carbocycles. The summed E-state index contributed by atoms with van der Waals surface area (Å²) in [4.78, 5) is 53.5. The third-order valence-electron chi connectivity index (χ3n) is 6.83. The van der Waals surface area contributed by atoms with Crippen LogP contribution in [-0.4, -0.2) is 76.0 Å². The maximum absolute atomic E-state index is 13.5. The van der Waals surface area contributed by atoms with E-state index in [1.807, 2.05) is 39.4 Å². The predicted molar refractivity (Wildman–Crippen MR) is 173 cm³/mol. The van der Waals surface area contributed by atoms with Crippen molar-refractivity contribution in [2.24, 2.45) is 5.73 Å². The molecule has 0 aromatic carbocycles. The Balaban J connectivity index is 1.78. The van der Waals surface area contributed by atoms with Crippen molar-refractivity contribution in [1.29, 1.82) is 0 Å². The van der Waals surface area contributed by atoms with E-state index in [0.717, 1.165) is 32.2 Å². The number of aryl methyl sites for hydroxylation is 3. The zero-order valence-corrected chi connectivity index (χ0v) is 26.5. The maximum Gasteiger partial charge on any atom is 0.272 e. The highest BCUT2D eigenvalue weighted by molar-refractivity contribution is 6.07. The highest BCUT2D eigenvalue weighted by atomic mass is 16.2. The van der Waals surface area contributed by atoms with Crippen LogP contribution in [0.2, 0.25) is 0 Å². The maximum atomic E-state index is 13.5. The molecular weight excluding hydrogens is 562 g/mol. The van der Waals surface area contributed by atoms with Gasteiger partial charge in [-0.05, 0) is 64.5 Å². The van der Waals surface area contributed by atoms with Crippen molar-refractivity contribution in [3.63, 3.8) is 0 Å². The lowest BCUT2D eigenvalue weighted by Gasteiger charge is -2.11. The number of hydrogen-bond donors (Lipinski definition) is 5. The molecule has 13 heteroatoms. The summed E-state index contributed by atoms with van der Waals surface area (Å²) in [6.45, 7) is 9.08.